The number of nitro groups is 1. The number of aromatic nitrogens is 2. The van der Waals surface area contributed by atoms with Gasteiger partial charge in [0.2, 0.25) is 0 Å². The molecule has 8 nitrogen and oxygen atoms in total. The molecule has 0 saturated heterocycles. The third-order valence-corrected chi connectivity index (χ3v) is 5.72. The molecular formula is C18H18N4O4S. The van der Waals surface area contributed by atoms with Crippen LogP contribution in [0.1, 0.15) is 24.7 Å². The zero-order chi connectivity index (χ0) is 19.2. The van der Waals surface area contributed by atoms with Gasteiger partial charge in [0.25, 0.3) is 5.69 Å². The Morgan fingerprint density at radius 3 is 2.67 bits per heavy atom. The summed E-state index contributed by atoms with van der Waals surface area (Å²) in [6.07, 6.45) is 3.21. The number of sulfone groups is 1. The van der Waals surface area contributed by atoms with Gasteiger partial charge in [0.15, 0.2) is 9.84 Å². The summed E-state index contributed by atoms with van der Waals surface area (Å²) in [5, 5.41) is 14.4. The van der Waals surface area contributed by atoms with Gasteiger partial charge in [-0.25, -0.2) is 13.4 Å². The molecule has 9 heteroatoms. The Hall–Kier alpha value is -2.94. The van der Waals surface area contributed by atoms with Gasteiger partial charge in [-0.1, -0.05) is 12.1 Å². The van der Waals surface area contributed by atoms with Crippen LogP contribution in [0, 0.1) is 10.1 Å². The van der Waals surface area contributed by atoms with Gasteiger partial charge in [-0.15, -0.1) is 0 Å². The van der Waals surface area contributed by atoms with E-state index in [-0.39, 0.29) is 16.3 Å². The van der Waals surface area contributed by atoms with Crippen molar-refractivity contribution in [1.82, 2.24) is 9.55 Å². The Kier molecular flexibility index (Phi) is 4.11. The lowest BCUT2D eigenvalue weighted by atomic mass is 10.2. The zero-order valence-corrected chi connectivity index (χ0v) is 15.4. The number of nitrogens with zero attached hydrogens (tertiary/aromatic N) is 3. The zero-order valence-electron chi connectivity index (χ0n) is 14.6. The number of nitro benzene ring substituents is 1. The van der Waals surface area contributed by atoms with Crippen LogP contribution < -0.4 is 5.32 Å². The number of fused-ring (bicyclic) bond motifs is 1. The highest BCUT2D eigenvalue weighted by Gasteiger charge is 2.28. The van der Waals surface area contributed by atoms with Crippen molar-refractivity contribution < 1.29 is 13.3 Å². The van der Waals surface area contributed by atoms with Crippen LogP contribution in [0.3, 0.4) is 0 Å². The Morgan fingerprint density at radius 1 is 1.26 bits per heavy atom. The van der Waals surface area contributed by atoms with Crippen LogP contribution in [-0.2, 0) is 16.4 Å². The maximum atomic E-state index is 11.7. The smallest absolute Gasteiger partial charge is 0.293 e. The largest absolute Gasteiger partial charge is 0.372 e. The standard InChI is InChI=1S/C18H18N4O4S/c1-27(25,26)13-8-9-14(17(10-13)22(23)24)19-11-18-20-15-4-2-3-5-16(15)21(18)12-6-7-12/h2-5,8-10,12,19H,6-7,11H2,1H3. The van der Waals surface area contributed by atoms with Gasteiger partial charge in [0, 0.05) is 18.4 Å². The van der Waals surface area contributed by atoms with E-state index in [0.29, 0.717) is 12.6 Å². The van der Waals surface area contributed by atoms with E-state index in [1.807, 2.05) is 24.3 Å². The summed E-state index contributed by atoms with van der Waals surface area (Å²) in [6, 6.07) is 12.2. The van der Waals surface area contributed by atoms with Crippen LogP contribution in [0.2, 0.25) is 0 Å². The summed E-state index contributed by atoms with van der Waals surface area (Å²) >= 11 is 0. The van der Waals surface area contributed by atoms with Crippen LogP contribution in [0.5, 0.6) is 0 Å². The Balaban J connectivity index is 1.67. The molecule has 0 unspecified atom stereocenters. The van der Waals surface area contributed by atoms with E-state index in [1.165, 1.54) is 12.1 Å². The highest BCUT2D eigenvalue weighted by Crippen LogP contribution is 2.39. The molecule has 1 fully saturated rings. The lowest BCUT2D eigenvalue weighted by Crippen LogP contribution is -2.09. The van der Waals surface area contributed by atoms with Crippen molar-refractivity contribution in [3.05, 3.63) is 58.4 Å². The maximum Gasteiger partial charge on any atom is 0.293 e. The highest BCUT2D eigenvalue weighted by molar-refractivity contribution is 7.90. The van der Waals surface area contributed by atoms with Crippen molar-refractivity contribution in [3.8, 4) is 0 Å². The van der Waals surface area contributed by atoms with Crippen LogP contribution in [0.4, 0.5) is 11.4 Å². The van der Waals surface area contributed by atoms with Crippen LogP contribution >= 0.6 is 0 Å². The summed E-state index contributed by atoms with van der Waals surface area (Å²) in [4.78, 5) is 15.4. The number of para-hydroxylation sites is 2. The molecule has 1 heterocycles. The van der Waals surface area contributed by atoms with Crippen LogP contribution in [0.15, 0.2) is 47.4 Å². The first kappa shape index (κ1) is 17.5. The summed E-state index contributed by atoms with van der Waals surface area (Å²) in [5.74, 6) is 0.806. The molecule has 1 saturated carbocycles. The Bertz CT molecular complexity index is 1150. The van der Waals surface area contributed by atoms with E-state index >= 15 is 0 Å². The van der Waals surface area contributed by atoms with Crippen molar-refractivity contribution in [1.29, 1.82) is 0 Å². The van der Waals surface area contributed by atoms with Crippen molar-refractivity contribution in [2.24, 2.45) is 0 Å². The van der Waals surface area contributed by atoms with Gasteiger partial charge in [0.05, 0.1) is 27.4 Å². The topological polar surface area (TPSA) is 107 Å². The lowest BCUT2D eigenvalue weighted by Gasteiger charge is -2.10. The van der Waals surface area contributed by atoms with Gasteiger partial charge in [-0.2, -0.15) is 0 Å². The molecule has 1 aliphatic rings. The summed E-state index contributed by atoms with van der Waals surface area (Å²) in [6.45, 7) is 0.310. The fourth-order valence-electron chi connectivity index (χ4n) is 3.18. The first-order valence-electron chi connectivity index (χ1n) is 8.53. The minimum absolute atomic E-state index is 0.0787. The molecule has 1 N–H and O–H groups in total. The first-order chi connectivity index (χ1) is 12.8. The normalized spacial score (nSPS) is 14.4. The molecule has 1 aromatic heterocycles. The van der Waals surface area contributed by atoms with E-state index in [1.54, 1.807) is 0 Å². The predicted octanol–water partition coefficient (Wildman–Crippen LogP) is 3.30. The van der Waals surface area contributed by atoms with Crippen molar-refractivity contribution >= 4 is 32.2 Å². The molecule has 27 heavy (non-hydrogen) atoms. The average Bonchev–Trinajstić information content (AvgIpc) is 3.39. The van der Waals surface area contributed by atoms with Gasteiger partial charge >= 0.3 is 0 Å². The molecule has 0 amide bonds. The van der Waals surface area contributed by atoms with Crippen LogP contribution in [-0.4, -0.2) is 29.1 Å². The number of rotatable bonds is 6. The molecule has 1 aliphatic carbocycles. The van der Waals surface area contributed by atoms with E-state index in [9.17, 15) is 18.5 Å². The summed E-state index contributed by atoms with van der Waals surface area (Å²) in [7, 11) is -3.52. The molecule has 0 atom stereocenters. The number of hydrogen-bond acceptors (Lipinski definition) is 6. The molecule has 4 rings (SSSR count). The molecule has 3 aromatic rings. The predicted molar refractivity (Wildman–Crippen MR) is 102 cm³/mol. The van der Waals surface area contributed by atoms with Gasteiger partial charge in [-0.3, -0.25) is 10.1 Å². The summed E-state index contributed by atoms with van der Waals surface area (Å²) < 4.78 is 25.5. The number of nitrogens with one attached hydrogen (secondary N) is 1. The molecule has 0 spiro atoms. The molecule has 0 radical (unpaired) electrons. The number of hydrogen-bond donors (Lipinski definition) is 1. The number of anilines is 1. The summed E-state index contributed by atoms with van der Waals surface area (Å²) in [5.41, 5.74) is 1.94. The fourth-order valence-corrected chi connectivity index (χ4v) is 3.82. The molecule has 0 bridgehead atoms. The maximum absolute atomic E-state index is 11.7. The van der Waals surface area contributed by atoms with Gasteiger partial charge in [-0.05, 0) is 37.1 Å². The van der Waals surface area contributed by atoms with Crippen molar-refractivity contribution in [2.75, 3.05) is 11.6 Å². The van der Waals surface area contributed by atoms with E-state index in [4.69, 9.17) is 0 Å². The molecule has 140 valence electrons. The van der Waals surface area contributed by atoms with Gasteiger partial charge < -0.3 is 9.88 Å². The monoisotopic (exact) mass is 386 g/mol. The molecule has 2 aromatic carbocycles. The Labute approximate surface area is 155 Å². The second kappa shape index (κ2) is 6.34. The van der Waals surface area contributed by atoms with Crippen molar-refractivity contribution in [3.63, 3.8) is 0 Å². The fraction of sp³-hybridized carbons (Fsp3) is 0.278. The van der Waals surface area contributed by atoms with Crippen LogP contribution in [0.25, 0.3) is 11.0 Å². The minimum atomic E-state index is -3.52. The second-order valence-electron chi connectivity index (χ2n) is 6.68. The van der Waals surface area contributed by atoms with E-state index in [2.05, 4.69) is 14.9 Å². The number of imidazole rings is 1. The third-order valence-electron chi connectivity index (χ3n) is 4.61. The quantitative estimate of drug-likeness (QED) is 0.514. The lowest BCUT2D eigenvalue weighted by molar-refractivity contribution is -0.384. The Morgan fingerprint density at radius 2 is 2.00 bits per heavy atom. The minimum Gasteiger partial charge on any atom is -0.372 e. The van der Waals surface area contributed by atoms with E-state index in [0.717, 1.165) is 42.0 Å². The molecular weight excluding hydrogens is 368 g/mol. The average molecular weight is 386 g/mol. The number of benzene rings is 2. The van der Waals surface area contributed by atoms with Crippen molar-refractivity contribution in [2.45, 2.75) is 30.3 Å². The van der Waals surface area contributed by atoms with E-state index < -0.39 is 14.8 Å². The SMILES string of the molecule is CS(=O)(=O)c1ccc(NCc2nc3ccccc3n2C2CC2)c([N+](=O)[O-])c1. The second-order valence-corrected chi connectivity index (χ2v) is 8.70. The molecule has 0 aliphatic heterocycles. The third kappa shape index (κ3) is 3.37. The first-order valence-corrected chi connectivity index (χ1v) is 10.4. The van der Waals surface area contributed by atoms with Gasteiger partial charge in [0.1, 0.15) is 11.5 Å². The highest BCUT2D eigenvalue weighted by atomic mass is 32.2.